The van der Waals surface area contributed by atoms with Gasteiger partial charge in [0.15, 0.2) is 5.84 Å². The summed E-state index contributed by atoms with van der Waals surface area (Å²) in [5, 5.41) is 12.9. The summed E-state index contributed by atoms with van der Waals surface area (Å²) in [5.74, 6) is 0.112. The molecule has 5 nitrogen and oxygen atoms in total. The molecule has 0 amide bonds. The number of amidine groups is 1. The van der Waals surface area contributed by atoms with Crippen LogP contribution in [0.15, 0.2) is 60.1 Å². The molecule has 0 atom stereocenters. The number of pyridine rings is 1. The fourth-order valence-electron chi connectivity index (χ4n) is 2.23. The first-order valence-electron chi connectivity index (χ1n) is 6.23. The summed E-state index contributed by atoms with van der Waals surface area (Å²) in [6.07, 6.45) is 5.63. The number of hydrogen-bond donors (Lipinski definition) is 2. The van der Waals surface area contributed by atoms with Crippen molar-refractivity contribution in [3.05, 3.63) is 66.1 Å². The Balaban J connectivity index is 2.03. The Morgan fingerprint density at radius 1 is 1.30 bits per heavy atom. The minimum absolute atomic E-state index is 0.112. The lowest BCUT2D eigenvalue weighted by molar-refractivity contribution is 0.318. The maximum atomic E-state index is 8.76. The average Bonchev–Trinajstić information content (AvgIpc) is 2.90. The monoisotopic (exact) mass is 266 g/mol. The predicted octanol–water partition coefficient (Wildman–Crippen LogP) is 2.18. The van der Waals surface area contributed by atoms with Crippen molar-refractivity contribution in [3.8, 4) is 0 Å². The highest BCUT2D eigenvalue weighted by atomic mass is 16.4. The quantitative estimate of drug-likeness (QED) is 0.330. The van der Waals surface area contributed by atoms with Crippen LogP contribution in [0.1, 0.15) is 11.1 Å². The van der Waals surface area contributed by atoms with Crippen molar-refractivity contribution in [2.45, 2.75) is 6.54 Å². The van der Waals surface area contributed by atoms with Crippen molar-refractivity contribution >= 4 is 16.7 Å². The number of hydrogen-bond acceptors (Lipinski definition) is 3. The first-order chi connectivity index (χ1) is 9.78. The molecule has 5 heteroatoms. The molecule has 100 valence electrons. The van der Waals surface area contributed by atoms with Gasteiger partial charge in [-0.2, -0.15) is 0 Å². The van der Waals surface area contributed by atoms with Crippen LogP contribution in [0.5, 0.6) is 0 Å². The normalized spacial score (nSPS) is 11.9. The molecule has 0 aliphatic carbocycles. The van der Waals surface area contributed by atoms with Crippen LogP contribution in [0.25, 0.3) is 10.9 Å². The van der Waals surface area contributed by atoms with Gasteiger partial charge < -0.3 is 15.5 Å². The molecule has 0 aliphatic heterocycles. The summed E-state index contributed by atoms with van der Waals surface area (Å²) in [6, 6.07) is 11.7. The first-order valence-corrected chi connectivity index (χ1v) is 6.23. The third-order valence-corrected chi connectivity index (χ3v) is 3.25. The molecular weight excluding hydrogens is 252 g/mol. The van der Waals surface area contributed by atoms with Crippen molar-refractivity contribution in [2.24, 2.45) is 10.9 Å². The third-order valence-electron chi connectivity index (χ3n) is 3.25. The highest BCUT2D eigenvalue weighted by molar-refractivity contribution is 6.00. The molecule has 2 aromatic heterocycles. The maximum absolute atomic E-state index is 8.76. The molecule has 1 aromatic carbocycles. The van der Waals surface area contributed by atoms with Crippen molar-refractivity contribution in [2.75, 3.05) is 0 Å². The van der Waals surface area contributed by atoms with Gasteiger partial charge in [0.1, 0.15) is 0 Å². The second-order valence-corrected chi connectivity index (χ2v) is 4.56. The molecule has 3 rings (SSSR count). The van der Waals surface area contributed by atoms with Gasteiger partial charge in [-0.05, 0) is 29.1 Å². The van der Waals surface area contributed by atoms with Gasteiger partial charge in [0.05, 0.1) is 0 Å². The summed E-state index contributed by atoms with van der Waals surface area (Å²) < 4.78 is 2.11. The summed E-state index contributed by atoms with van der Waals surface area (Å²) in [4.78, 5) is 4.12. The molecule has 0 spiro atoms. The van der Waals surface area contributed by atoms with E-state index in [9.17, 15) is 0 Å². The Hall–Kier alpha value is -2.82. The van der Waals surface area contributed by atoms with Gasteiger partial charge in [-0.15, -0.1) is 0 Å². The van der Waals surface area contributed by atoms with Crippen LogP contribution in [-0.4, -0.2) is 20.6 Å². The molecule has 20 heavy (non-hydrogen) atoms. The molecule has 0 aliphatic rings. The Kier molecular flexibility index (Phi) is 3.09. The highest BCUT2D eigenvalue weighted by Crippen LogP contribution is 2.19. The molecule has 0 bridgehead atoms. The van der Waals surface area contributed by atoms with E-state index in [0.717, 1.165) is 23.0 Å². The lowest BCUT2D eigenvalue weighted by Gasteiger charge is -2.06. The number of fused-ring (bicyclic) bond motifs is 1. The molecule has 2 heterocycles. The van der Waals surface area contributed by atoms with Crippen molar-refractivity contribution in [3.63, 3.8) is 0 Å². The molecule has 0 saturated heterocycles. The Labute approximate surface area is 116 Å². The number of oxime groups is 1. The third kappa shape index (κ3) is 2.21. The van der Waals surface area contributed by atoms with E-state index >= 15 is 0 Å². The second-order valence-electron chi connectivity index (χ2n) is 4.56. The molecular formula is C15H14N4O. The van der Waals surface area contributed by atoms with Crippen LogP contribution < -0.4 is 5.73 Å². The van der Waals surface area contributed by atoms with Crippen molar-refractivity contribution in [1.82, 2.24) is 9.55 Å². The largest absolute Gasteiger partial charge is 0.409 e. The smallest absolute Gasteiger partial charge is 0.170 e. The van der Waals surface area contributed by atoms with E-state index in [1.54, 1.807) is 6.20 Å². The predicted molar refractivity (Wildman–Crippen MR) is 77.8 cm³/mol. The minimum Gasteiger partial charge on any atom is -0.409 e. The number of rotatable bonds is 3. The van der Waals surface area contributed by atoms with E-state index in [-0.39, 0.29) is 5.84 Å². The fourth-order valence-corrected chi connectivity index (χ4v) is 2.23. The summed E-state index contributed by atoms with van der Waals surface area (Å²) in [7, 11) is 0. The van der Waals surface area contributed by atoms with E-state index in [1.165, 1.54) is 0 Å². The highest BCUT2D eigenvalue weighted by Gasteiger charge is 2.05. The van der Waals surface area contributed by atoms with Crippen molar-refractivity contribution < 1.29 is 5.21 Å². The van der Waals surface area contributed by atoms with Crippen LogP contribution in [0.4, 0.5) is 0 Å². The Morgan fingerprint density at radius 3 is 2.95 bits per heavy atom. The van der Waals surface area contributed by atoms with Gasteiger partial charge in [0.2, 0.25) is 0 Å². The standard InChI is InChI=1S/C15H14N4O/c16-15(18-20)13-4-3-12-5-7-19(14(12)8-13)10-11-2-1-6-17-9-11/h1-9,20H,10H2,(H2,16,18). The van der Waals surface area contributed by atoms with Gasteiger partial charge in [0.25, 0.3) is 0 Å². The molecule has 0 unspecified atom stereocenters. The molecule has 0 radical (unpaired) electrons. The van der Waals surface area contributed by atoms with Crippen LogP contribution in [-0.2, 0) is 6.54 Å². The van der Waals surface area contributed by atoms with E-state index in [2.05, 4.69) is 14.7 Å². The number of nitrogens with two attached hydrogens (primary N) is 1. The topological polar surface area (TPSA) is 76.4 Å². The minimum atomic E-state index is 0.112. The van der Waals surface area contributed by atoms with Crippen LogP contribution >= 0.6 is 0 Å². The molecule has 3 N–H and O–H groups in total. The zero-order chi connectivity index (χ0) is 13.9. The van der Waals surface area contributed by atoms with Gasteiger partial charge in [-0.1, -0.05) is 23.4 Å². The maximum Gasteiger partial charge on any atom is 0.170 e. The Morgan fingerprint density at radius 2 is 2.20 bits per heavy atom. The second kappa shape index (κ2) is 5.05. The van der Waals surface area contributed by atoms with Crippen LogP contribution in [0.3, 0.4) is 0 Å². The summed E-state index contributed by atoms with van der Waals surface area (Å²) in [5.41, 5.74) is 8.50. The molecule has 0 saturated carbocycles. The van der Waals surface area contributed by atoms with E-state index in [0.29, 0.717) is 5.56 Å². The number of nitrogens with zero attached hydrogens (tertiary/aromatic N) is 3. The lowest BCUT2D eigenvalue weighted by atomic mass is 10.1. The van der Waals surface area contributed by atoms with E-state index in [4.69, 9.17) is 10.9 Å². The average molecular weight is 266 g/mol. The van der Waals surface area contributed by atoms with E-state index < -0.39 is 0 Å². The van der Waals surface area contributed by atoms with E-state index in [1.807, 2.05) is 48.8 Å². The number of benzene rings is 1. The van der Waals surface area contributed by atoms with Gasteiger partial charge in [-0.3, -0.25) is 4.98 Å². The summed E-state index contributed by atoms with van der Waals surface area (Å²) >= 11 is 0. The van der Waals surface area contributed by atoms with Gasteiger partial charge in [0, 0.05) is 36.2 Å². The van der Waals surface area contributed by atoms with Gasteiger partial charge >= 0.3 is 0 Å². The van der Waals surface area contributed by atoms with Crippen LogP contribution in [0.2, 0.25) is 0 Å². The Bertz CT molecular complexity index is 762. The fraction of sp³-hybridized carbons (Fsp3) is 0.0667. The lowest BCUT2D eigenvalue weighted by Crippen LogP contribution is -2.13. The zero-order valence-electron chi connectivity index (χ0n) is 10.8. The zero-order valence-corrected chi connectivity index (χ0v) is 10.8. The SMILES string of the molecule is N/C(=N/O)c1ccc2ccn(Cc3cccnc3)c2c1. The molecule has 0 fully saturated rings. The van der Waals surface area contributed by atoms with Crippen molar-refractivity contribution in [1.29, 1.82) is 0 Å². The van der Waals surface area contributed by atoms with Gasteiger partial charge in [-0.25, -0.2) is 0 Å². The molecule has 3 aromatic rings. The van der Waals surface area contributed by atoms with Crippen LogP contribution in [0, 0.1) is 0 Å². The first kappa shape index (κ1) is 12.2. The summed E-state index contributed by atoms with van der Waals surface area (Å²) in [6.45, 7) is 0.733. The number of aromatic nitrogens is 2.